The molecule has 0 radical (unpaired) electrons. The first-order chi connectivity index (χ1) is 11.2. The fraction of sp³-hybridized carbons (Fsp3) is 0.158. The molecule has 0 saturated carbocycles. The van der Waals surface area contributed by atoms with Crippen LogP contribution in [0.4, 0.5) is 0 Å². The summed E-state index contributed by atoms with van der Waals surface area (Å²) in [4.78, 5) is 0. The normalized spacial score (nSPS) is 14.2. The predicted molar refractivity (Wildman–Crippen MR) is 93.1 cm³/mol. The number of benzene rings is 2. The molecule has 2 aromatic rings. The third kappa shape index (κ3) is 3.16. The van der Waals surface area contributed by atoms with E-state index >= 15 is 0 Å². The van der Waals surface area contributed by atoms with Crippen LogP contribution in [0.1, 0.15) is 11.1 Å². The minimum absolute atomic E-state index is 0.580. The molecule has 1 aliphatic rings. The standard InChI is InChI=1S/C19H20N2O2/c1-13-4-5-14(11-16(13)17(21)3-2-8-20)15-6-7-18-19(12-15)23-10-9-22-18/h2-8,11-12H,9-10,20-21H2,1H3/b8-2-,17-3-. The van der Waals surface area contributed by atoms with Gasteiger partial charge in [-0.1, -0.05) is 18.2 Å². The topological polar surface area (TPSA) is 70.5 Å². The highest BCUT2D eigenvalue weighted by molar-refractivity contribution is 5.75. The van der Waals surface area contributed by atoms with Gasteiger partial charge in [-0.05, 0) is 60.2 Å². The van der Waals surface area contributed by atoms with Gasteiger partial charge < -0.3 is 20.9 Å². The fourth-order valence-electron chi connectivity index (χ4n) is 2.58. The molecule has 0 unspecified atom stereocenters. The van der Waals surface area contributed by atoms with Crippen molar-refractivity contribution in [2.45, 2.75) is 6.92 Å². The summed E-state index contributed by atoms with van der Waals surface area (Å²) in [6, 6.07) is 12.2. The molecule has 118 valence electrons. The molecule has 23 heavy (non-hydrogen) atoms. The molecule has 4 heteroatoms. The highest BCUT2D eigenvalue weighted by Gasteiger charge is 2.13. The first-order valence-electron chi connectivity index (χ1n) is 7.54. The summed E-state index contributed by atoms with van der Waals surface area (Å²) in [5, 5.41) is 0. The smallest absolute Gasteiger partial charge is 0.161 e. The van der Waals surface area contributed by atoms with Gasteiger partial charge in [-0.2, -0.15) is 0 Å². The van der Waals surface area contributed by atoms with Crippen molar-refractivity contribution < 1.29 is 9.47 Å². The van der Waals surface area contributed by atoms with Gasteiger partial charge >= 0.3 is 0 Å². The summed E-state index contributed by atoms with van der Waals surface area (Å²) in [5.41, 5.74) is 16.5. The van der Waals surface area contributed by atoms with Gasteiger partial charge in [-0.25, -0.2) is 0 Å². The molecule has 0 fully saturated rings. The summed E-state index contributed by atoms with van der Waals surface area (Å²) in [6.45, 7) is 3.21. The summed E-state index contributed by atoms with van der Waals surface area (Å²) < 4.78 is 11.2. The van der Waals surface area contributed by atoms with Crippen molar-refractivity contribution in [3.05, 3.63) is 65.9 Å². The third-order valence-corrected chi connectivity index (χ3v) is 3.81. The van der Waals surface area contributed by atoms with Crippen LogP contribution in [0.3, 0.4) is 0 Å². The molecule has 3 rings (SSSR count). The molecule has 0 amide bonds. The van der Waals surface area contributed by atoms with E-state index in [-0.39, 0.29) is 0 Å². The highest BCUT2D eigenvalue weighted by Crippen LogP contribution is 2.35. The van der Waals surface area contributed by atoms with Crippen molar-refractivity contribution in [2.75, 3.05) is 13.2 Å². The molecular weight excluding hydrogens is 288 g/mol. The maximum absolute atomic E-state index is 6.15. The molecule has 0 aromatic heterocycles. The van der Waals surface area contributed by atoms with Crippen molar-refractivity contribution >= 4 is 5.70 Å². The van der Waals surface area contributed by atoms with E-state index in [1.165, 1.54) is 6.20 Å². The van der Waals surface area contributed by atoms with Gasteiger partial charge in [0.25, 0.3) is 0 Å². The number of hydrogen-bond acceptors (Lipinski definition) is 4. The maximum atomic E-state index is 6.15. The lowest BCUT2D eigenvalue weighted by Crippen LogP contribution is -2.15. The van der Waals surface area contributed by atoms with Crippen LogP contribution in [0.2, 0.25) is 0 Å². The Kier molecular flexibility index (Phi) is 4.24. The van der Waals surface area contributed by atoms with E-state index in [0.29, 0.717) is 18.9 Å². The number of fused-ring (bicyclic) bond motifs is 1. The van der Waals surface area contributed by atoms with Gasteiger partial charge in [0.2, 0.25) is 0 Å². The summed E-state index contributed by atoms with van der Waals surface area (Å²) in [5.74, 6) is 1.57. The molecular formula is C19H20N2O2. The Balaban J connectivity index is 2.00. The van der Waals surface area contributed by atoms with Crippen LogP contribution < -0.4 is 20.9 Å². The van der Waals surface area contributed by atoms with E-state index in [0.717, 1.165) is 33.8 Å². The summed E-state index contributed by atoms with van der Waals surface area (Å²) in [7, 11) is 0. The van der Waals surface area contributed by atoms with Crippen molar-refractivity contribution in [1.82, 2.24) is 0 Å². The van der Waals surface area contributed by atoms with E-state index in [1.54, 1.807) is 12.2 Å². The Hall–Kier alpha value is -2.88. The van der Waals surface area contributed by atoms with Crippen LogP contribution in [0.25, 0.3) is 16.8 Å². The minimum atomic E-state index is 0.580. The van der Waals surface area contributed by atoms with Gasteiger partial charge in [-0.3, -0.25) is 0 Å². The number of allylic oxidation sites excluding steroid dienone is 2. The lowest BCUT2D eigenvalue weighted by atomic mass is 9.97. The molecule has 0 spiro atoms. The average Bonchev–Trinajstić information content (AvgIpc) is 2.59. The third-order valence-electron chi connectivity index (χ3n) is 3.81. The van der Waals surface area contributed by atoms with Gasteiger partial charge in [0.1, 0.15) is 13.2 Å². The molecule has 1 aliphatic heterocycles. The molecule has 1 heterocycles. The van der Waals surface area contributed by atoms with Crippen molar-refractivity contribution in [1.29, 1.82) is 0 Å². The molecule has 2 aromatic carbocycles. The molecule has 0 bridgehead atoms. The largest absolute Gasteiger partial charge is 0.486 e. The van der Waals surface area contributed by atoms with Gasteiger partial charge in [-0.15, -0.1) is 0 Å². The second-order valence-corrected chi connectivity index (χ2v) is 5.40. The summed E-state index contributed by atoms with van der Waals surface area (Å²) >= 11 is 0. The van der Waals surface area contributed by atoms with Crippen LogP contribution >= 0.6 is 0 Å². The van der Waals surface area contributed by atoms with Gasteiger partial charge in [0.05, 0.1) is 0 Å². The Morgan fingerprint density at radius 1 is 1.00 bits per heavy atom. The highest BCUT2D eigenvalue weighted by atomic mass is 16.6. The lowest BCUT2D eigenvalue weighted by molar-refractivity contribution is 0.171. The SMILES string of the molecule is Cc1ccc(-c2ccc3c(c2)OCCO3)cc1/C(N)=C/C=C\N. The van der Waals surface area contributed by atoms with E-state index < -0.39 is 0 Å². The Morgan fingerprint density at radius 3 is 2.48 bits per heavy atom. The molecule has 4 nitrogen and oxygen atoms in total. The monoisotopic (exact) mass is 308 g/mol. The quantitative estimate of drug-likeness (QED) is 0.854. The van der Waals surface area contributed by atoms with Crippen molar-refractivity contribution in [3.63, 3.8) is 0 Å². The number of aryl methyl sites for hydroxylation is 1. The zero-order chi connectivity index (χ0) is 16.2. The van der Waals surface area contributed by atoms with Crippen molar-refractivity contribution in [2.24, 2.45) is 11.5 Å². The van der Waals surface area contributed by atoms with Gasteiger partial charge in [0.15, 0.2) is 11.5 Å². The van der Waals surface area contributed by atoms with Crippen LogP contribution in [-0.4, -0.2) is 13.2 Å². The first kappa shape index (κ1) is 15.0. The molecule has 0 saturated heterocycles. The average molecular weight is 308 g/mol. The number of hydrogen-bond donors (Lipinski definition) is 2. The fourth-order valence-corrected chi connectivity index (χ4v) is 2.58. The van der Waals surface area contributed by atoms with E-state index in [1.807, 2.05) is 25.1 Å². The number of ether oxygens (including phenoxy) is 2. The van der Waals surface area contributed by atoms with Crippen LogP contribution in [0.5, 0.6) is 11.5 Å². The molecule has 0 atom stereocenters. The zero-order valence-corrected chi connectivity index (χ0v) is 13.1. The van der Waals surface area contributed by atoms with E-state index in [9.17, 15) is 0 Å². The second kappa shape index (κ2) is 6.48. The molecule has 4 N–H and O–H groups in total. The van der Waals surface area contributed by atoms with Gasteiger partial charge in [0, 0.05) is 11.3 Å². The van der Waals surface area contributed by atoms with Crippen LogP contribution in [0, 0.1) is 6.92 Å². The van der Waals surface area contributed by atoms with Crippen molar-refractivity contribution in [3.8, 4) is 22.6 Å². The Morgan fingerprint density at radius 2 is 1.70 bits per heavy atom. The summed E-state index contributed by atoms with van der Waals surface area (Å²) in [6.07, 6.45) is 4.99. The second-order valence-electron chi connectivity index (χ2n) is 5.40. The zero-order valence-electron chi connectivity index (χ0n) is 13.1. The van der Waals surface area contributed by atoms with E-state index in [4.69, 9.17) is 20.9 Å². The number of nitrogens with two attached hydrogens (primary N) is 2. The van der Waals surface area contributed by atoms with E-state index in [2.05, 4.69) is 18.2 Å². The minimum Gasteiger partial charge on any atom is -0.486 e. The Bertz CT molecular complexity index is 779. The first-order valence-corrected chi connectivity index (χ1v) is 7.54. The van der Waals surface area contributed by atoms with Crippen LogP contribution in [-0.2, 0) is 0 Å². The number of rotatable bonds is 3. The van der Waals surface area contributed by atoms with Crippen LogP contribution in [0.15, 0.2) is 54.8 Å². The predicted octanol–water partition coefficient (Wildman–Crippen LogP) is 3.21. The molecule has 0 aliphatic carbocycles. The lowest BCUT2D eigenvalue weighted by Gasteiger charge is -2.19. The Labute approximate surface area is 136 Å². The maximum Gasteiger partial charge on any atom is 0.161 e.